The number of carbonyl (C=O) groups is 1. The molecule has 3 aromatic rings. The first-order valence-electron chi connectivity index (χ1n) is 7.96. The second kappa shape index (κ2) is 7.59. The minimum atomic E-state index is -0.549. The predicted octanol–water partition coefficient (Wildman–Crippen LogP) is 3.43. The molecule has 0 spiro atoms. The highest BCUT2D eigenvalue weighted by Crippen LogP contribution is 2.19. The van der Waals surface area contributed by atoms with Gasteiger partial charge in [0.05, 0.1) is 5.69 Å². The molecule has 0 unspecified atom stereocenters. The van der Waals surface area contributed by atoms with Crippen molar-refractivity contribution in [1.82, 2.24) is 15.0 Å². The summed E-state index contributed by atoms with van der Waals surface area (Å²) in [6, 6.07) is 18.0. The summed E-state index contributed by atoms with van der Waals surface area (Å²) in [6.07, 6.45) is 4.98. The van der Waals surface area contributed by atoms with Crippen molar-refractivity contribution in [2.45, 2.75) is 13.5 Å². The van der Waals surface area contributed by atoms with E-state index in [1.165, 1.54) is 6.08 Å². The third kappa shape index (κ3) is 4.22. The number of hydroxylamine groups is 1. The van der Waals surface area contributed by atoms with Gasteiger partial charge in [-0.2, -0.15) is 0 Å². The van der Waals surface area contributed by atoms with Crippen LogP contribution in [0, 0.1) is 6.92 Å². The highest BCUT2D eigenvalue weighted by Gasteiger charge is 2.06. The second-order valence-electron chi connectivity index (χ2n) is 5.72. The number of nitrogens with one attached hydrogen (secondary N) is 1. The Morgan fingerprint density at radius 2 is 1.88 bits per heavy atom. The quantitative estimate of drug-likeness (QED) is 0.427. The van der Waals surface area contributed by atoms with Gasteiger partial charge in [-0.25, -0.2) is 10.5 Å². The van der Waals surface area contributed by atoms with Gasteiger partial charge >= 0.3 is 0 Å². The molecule has 2 N–H and O–H groups in total. The van der Waals surface area contributed by atoms with Crippen molar-refractivity contribution in [1.29, 1.82) is 0 Å². The van der Waals surface area contributed by atoms with E-state index in [-0.39, 0.29) is 0 Å². The number of rotatable bonds is 5. The molecule has 1 heterocycles. The van der Waals surface area contributed by atoms with E-state index >= 15 is 0 Å². The Bertz CT molecular complexity index is 881. The van der Waals surface area contributed by atoms with Gasteiger partial charge in [-0.15, -0.1) is 0 Å². The second-order valence-corrected chi connectivity index (χ2v) is 5.72. The summed E-state index contributed by atoms with van der Waals surface area (Å²) >= 11 is 0. The van der Waals surface area contributed by atoms with Gasteiger partial charge in [0.2, 0.25) is 0 Å². The van der Waals surface area contributed by atoms with Gasteiger partial charge < -0.3 is 4.57 Å². The summed E-state index contributed by atoms with van der Waals surface area (Å²) in [5, 5.41) is 8.47. The lowest BCUT2D eigenvalue weighted by molar-refractivity contribution is -0.124. The van der Waals surface area contributed by atoms with Crippen molar-refractivity contribution in [2.24, 2.45) is 0 Å². The molecule has 0 aliphatic rings. The standard InChI is InChI=1S/C20H19N3O2/c1-15-21-19(18-5-3-2-4-6-18)14-23(15)13-17-9-7-16(8-10-17)11-12-20(24)22-25/h2-12,14,25H,13H2,1H3,(H,22,24)/b12-11+. The number of imidazole rings is 1. The fraction of sp³-hybridized carbons (Fsp3) is 0.100. The minimum absolute atomic E-state index is 0.549. The number of hydrogen-bond acceptors (Lipinski definition) is 3. The topological polar surface area (TPSA) is 67.2 Å². The molecule has 0 bridgehead atoms. The van der Waals surface area contributed by atoms with Crippen LogP contribution in [0.1, 0.15) is 17.0 Å². The molecular weight excluding hydrogens is 314 g/mol. The summed E-state index contributed by atoms with van der Waals surface area (Å²) in [5.41, 5.74) is 5.67. The van der Waals surface area contributed by atoms with Crippen LogP contribution in [0.2, 0.25) is 0 Å². The lowest BCUT2D eigenvalue weighted by Gasteiger charge is -2.05. The zero-order valence-corrected chi connectivity index (χ0v) is 13.9. The minimum Gasteiger partial charge on any atom is -0.330 e. The first-order chi connectivity index (χ1) is 12.2. The van der Waals surface area contributed by atoms with Crippen LogP contribution in [0.5, 0.6) is 0 Å². The predicted molar refractivity (Wildman–Crippen MR) is 96.9 cm³/mol. The van der Waals surface area contributed by atoms with Gasteiger partial charge in [0.25, 0.3) is 5.91 Å². The van der Waals surface area contributed by atoms with Crippen LogP contribution in [0.3, 0.4) is 0 Å². The summed E-state index contributed by atoms with van der Waals surface area (Å²) in [6.45, 7) is 2.73. The van der Waals surface area contributed by atoms with E-state index in [1.54, 1.807) is 11.6 Å². The van der Waals surface area contributed by atoms with Gasteiger partial charge in [0.15, 0.2) is 0 Å². The highest BCUT2D eigenvalue weighted by atomic mass is 16.5. The van der Waals surface area contributed by atoms with E-state index in [0.717, 1.165) is 34.8 Å². The number of hydrogen-bond donors (Lipinski definition) is 2. The molecule has 0 fully saturated rings. The van der Waals surface area contributed by atoms with Crippen molar-refractivity contribution in [2.75, 3.05) is 0 Å². The maximum Gasteiger partial charge on any atom is 0.267 e. The van der Waals surface area contributed by atoms with Gasteiger partial charge in [-0.05, 0) is 24.1 Å². The fourth-order valence-electron chi connectivity index (χ4n) is 2.56. The molecule has 2 aromatic carbocycles. The Balaban J connectivity index is 1.73. The average Bonchev–Trinajstić information content (AvgIpc) is 3.02. The van der Waals surface area contributed by atoms with E-state index in [9.17, 15) is 4.79 Å². The van der Waals surface area contributed by atoms with Crippen LogP contribution in [-0.4, -0.2) is 20.7 Å². The molecule has 5 nitrogen and oxygen atoms in total. The molecule has 0 aliphatic heterocycles. The molecule has 0 aliphatic carbocycles. The van der Waals surface area contributed by atoms with E-state index in [4.69, 9.17) is 5.21 Å². The molecule has 0 saturated heterocycles. The lowest BCUT2D eigenvalue weighted by Crippen LogP contribution is -2.14. The largest absolute Gasteiger partial charge is 0.330 e. The van der Waals surface area contributed by atoms with Crippen LogP contribution < -0.4 is 5.48 Å². The van der Waals surface area contributed by atoms with Crippen LogP contribution in [0.25, 0.3) is 17.3 Å². The zero-order valence-electron chi connectivity index (χ0n) is 13.9. The summed E-state index contributed by atoms with van der Waals surface area (Å²) in [5.74, 6) is 0.411. The molecule has 5 heteroatoms. The zero-order chi connectivity index (χ0) is 17.6. The fourth-order valence-corrected chi connectivity index (χ4v) is 2.56. The molecule has 0 atom stereocenters. The summed E-state index contributed by atoms with van der Waals surface area (Å²) in [7, 11) is 0. The molecule has 0 saturated carbocycles. The van der Waals surface area contributed by atoms with Crippen LogP contribution >= 0.6 is 0 Å². The molecule has 126 valence electrons. The lowest BCUT2D eigenvalue weighted by atomic mass is 10.1. The average molecular weight is 333 g/mol. The van der Waals surface area contributed by atoms with Gasteiger partial charge in [-0.3, -0.25) is 10.0 Å². The third-order valence-corrected chi connectivity index (χ3v) is 3.92. The molecule has 0 radical (unpaired) electrons. The Hall–Kier alpha value is -3.18. The monoisotopic (exact) mass is 333 g/mol. The van der Waals surface area contributed by atoms with Gasteiger partial charge in [0.1, 0.15) is 5.82 Å². The van der Waals surface area contributed by atoms with Gasteiger partial charge in [-0.1, -0.05) is 54.6 Å². The SMILES string of the molecule is Cc1nc(-c2ccccc2)cn1Cc1ccc(/C=C/C(=O)NO)cc1. The molecule has 3 rings (SSSR count). The third-order valence-electron chi connectivity index (χ3n) is 3.92. The Labute approximate surface area is 146 Å². The number of aromatic nitrogens is 2. The number of carbonyl (C=O) groups excluding carboxylic acids is 1. The maximum atomic E-state index is 11.0. The normalized spacial score (nSPS) is 11.0. The van der Waals surface area contributed by atoms with Crippen molar-refractivity contribution in [3.05, 3.63) is 83.8 Å². The smallest absolute Gasteiger partial charge is 0.267 e. The number of aryl methyl sites for hydroxylation is 1. The van der Waals surface area contributed by atoms with Crippen LogP contribution in [0.15, 0.2) is 66.9 Å². The maximum absolute atomic E-state index is 11.0. The van der Waals surface area contributed by atoms with Crippen molar-refractivity contribution >= 4 is 12.0 Å². The molecule has 1 aromatic heterocycles. The molecular formula is C20H19N3O2. The van der Waals surface area contributed by atoms with Crippen molar-refractivity contribution < 1.29 is 10.0 Å². The highest BCUT2D eigenvalue weighted by molar-refractivity contribution is 5.90. The van der Waals surface area contributed by atoms with E-state index in [0.29, 0.717) is 0 Å². The Kier molecular flexibility index (Phi) is 5.06. The Morgan fingerprint density at radius 1 is 1.16 bits per heavy atom. The summed E-state index contributed by atoms with van der Waals surface area (Å²) in [4.78, 5) is 15.6. The van der Waals surface area contributed by atoms with E-state index < -0.39 is 5.91 Å². The number of nitrogens with zero attached hydrogens (tertiary/aromatic N) is 2. The van der Waals surface area contributed by atoms with Crippen molar-refractivity contribution in [3.8, 4) is 11.3 Å². The number of amides is 1. The van der Waals surface area contributed by atoms with Crippen molar-refractivity contribution in [3.63, 3.8) is 0 Å². The van der Waals surface area contributed by atoms with Crippen LogP contribution in [0.4, 0.5) is 0 Å². The Morgan fingerprint density at radius 3 is 2.56 bits per heavy atom. The first-order valence-corrected chi connectivity index (χ1v) is 7.96. The van der Waals surface area contributed by atoms with Gasteiger partial charge in [0, 0.05) is 24.4 Å². The first kappa shape index (κ1) is 16.7. The molecule has 25 heavy (non-hydrogen) atoms. The molecule has 1 amide bonds. The summed E-state index contributed by atoms with van der Waals surface area (Å²) < 4.78 is 2.12. The van der Waals surface area contributed by atoms with Crippen LogP contribution in [-0.2, 0) is 11.3 Å². The van der Waals surface area contributed by atoms with E-state index in [1.807, 2.05) is 49.4 Å². The number of benzene rings is 2. The van der Waals surface area contributed by atoms with E-state index in [2.05, 4.69) is 27.9 Å².